The highest BCUT2D eigenvalue weighted by molar-refractivity contribution is 5.94. The van der Waals surface area contributed by atoms with E-state index in [0.29, 0.717) is 12.2 Å². The molecule has 0 saturated carbocycles. The van der Waals surface area contributed by atoms with E-state index in [-0.39, 0.29) is 11.7 Å². The van der Waals surface area contributed by atoms with Gasteiger partial charge in [0.05, 0.1) is 5.69 Å². The molecule has 1 N–H and O–H groups in total. The van der Waals surface area contributed by atoms with Crippen molar-refractivity contribution in [2.24, 2.45) is 0 Å². The second kappa shape index (κ2) is 6.94. The standard InChI is InChI=1S/C18H22FN3O/c1-2-3-12-20-18(23)17-15-6-4-5-7-16(15)22(21-17)14-10-8-13(19)9-11-14/h8-11H,2-7,12H2,1H3,(H,20,23). The number of nitrogens with zero attached hydrogens (tertiary/aromatic N) is 2. The molecule has 5 heteroatoms. The van der Waals surface area contributed by atoms with Gasteiger partial charge in [-0.05, 0) is 56.4 Å². The fourth-order valence-corrected chi connectivity index (χ4v) is 3.04. The van der Waals surface area contributed by atoms with E-state index < -0.39 is 0 Å². The molecule has 1 aromatic carbocycles. The maximum atomic E-state index is 13.2. The molecule has 1 aliphatic carbocycles. The number of nitrogens with one attached hydrogen (secondary N) is 1. The molecule has 0 aliphatic heterocycles. The molecule has 122 valence electrons. The fourth-order valence-electron chi connectivity index (χ4n) is 3.04. The van der Waals surface area contributed by atoms with Gasteiger partial charge in [-0.25, -0.2) is 9.07 Å². The third-order valence-corrected chi connectivity index (χ3v) is 4.28. The summed E-state index contributed by atoms with van der Waals surface area (Å²) in [4.78, 5) is 12.4. The van der Waals surface area contributed by atoms with E-state index in [1.807, 2.05) is 4.68 Å². The third-order valence-electron chi connectivity index (χ3n) is 4.28. The van der Waals surface area contributed by atoms with Crippen molar-refractivity contribution in [2.75, 3.05) is 6.54 Å². The van der Waals surface area contributed by atoms with Gasteiger partial charge in [-0.3, -0.25) is 4.79 Å². The highest BCUT2D eigenvalue weighted by Crippen LogP contribution is 2.27. The second-order valence-corrected chi connectivity index (χ2v) is 5.98. The SMILES string of the molecule is CCCCNC(=O)c1nn(-c2ccc(F)cc2)c2c1CCCC2. The number of carbonyl (C=O) groups excluding carboxylic acids is 1. The Kier molecular flexibility index (Phi) is 4.74. The molecule has 3 rings (SSSR count). The Morgan fingerprint density at radius 1 is 1.26 bits per heavy atom. The lowest BCUT2D eigenvalue weighted by molar-refractivity contribution is 0.0946. The van der Waals surface area contributed by atoms with Crippen molar-refractivity contribution in [1.29, 1.82) is 0 Å². The molecule has 1 heterocycles. The molecule has 1 aliphatic rings. The average Bonchev–Trinajstić information content (AvgIpc) is 2.95. The van der Waals surface area contributed by atoms with Crippen molar-refractivity contribution >= 4 is 5.91 Å². The summed E-state index contributed by atoms with van der Waals surface area (Å²) in [7, 11) is 0. The van der Waals surface area contributed by atoms with Crippen LogP contribution in [0.2, 0.25) is 0 Å². The smallest absolute Gasteiger partial charge is 0.272 e. The minimum atomic E-state index is -0.271. The Balaban J connectivity index is 1.94. The maximum absolute atomic E-state index is 13.2. The van der Waals surface area contributed by atoms with Gasteiger partial charge in [-0.2, -0.15) is 5.10 Å². The Hall–Kier alpha value is -2.17. The van der Waals surface area contributed by atoms with Crippen LogP contribution >= 0.6 is 0 Å². The number of halogens is 1. The van der Waals surface area contributed by atoms with Crippen molar-refractivity contribution in [3.8, 4) is 5.69 Å². The number of unbranched alkanes of at least 4 members (excludes halogenated alkanes) is 1. The average molecular weight is 315 g/mol. The van der Waals surface area contributed by atoms with Crippen LogP contribution in [0.3, 0.4) is 0 Å². The first-order chi connectivity index (χ1) is 11.2. The number of carbonyl (C=O) groups is 1. The first-order valence-corrected chi connectivity index (χ1v) is 8.35. The van der Waals surface area contributed by atoms with Crippen molar-refractivity contribution in [1.82, 2.24) is 15.1 Å². The number of hydrogen-bond donors (Lipinski definition) is 1. The number of fused-ring (bicyclic) bond motifs is 1. The van der Waals surface area contributed by atoms with Gasteiger partial charge in [0.2, 0.25) is 0 Å². The van der Waals surface area contributed by atoms with Crippen LogP contribution in [0.5, 0.6) is 0 Å². The lowest BCUT2D eigenvalue weighted by Crippen LogP contribution is -2.26. The minimum Gasteiger partial charge on any atom is -0.351 e. The van der Waals surface area contributed by atoms with Gasteiger partial charge < -0.3 is 5.32 Å². The number of rotatable bonds is 5. The molecule has 4 nitrogen and oxygen atoms in total. The normalized spacial score (nSPS) is 13.7. The number of hydrogen-bond acceptors (Lipinski definition) is 2. The van der Waals surface area contributed by atoms with Crippen molar-refractivity contribution in [3.05, 3.63) is 47.0 Å². The molecule has 23 heavy (non-hydrogen) atoms. The first-order valence-electron chi connectivity index (χ1n) is 8.35. The topological polar surface area (TPSA) is 46.9 Å². The summed E-state index contributed by atoms with van der Waals surface area (Å²) in [6, 6.07) is 6.26. The van der Waals surface area contributed by atoms with Crippen LogP contribution in [0.4, 0.5) is 4.39 Å². The summed E-state index contributed by atoms with van der Waals surface area (Å²) in [5.41, 5.74) is 3.47. The monoisotopic (exact) mass is 315 g/mol. The Bertz CT molecular complexity index is 691. The second-order valence-electron chi connectivity index (χ2n) is 5.98. The molecule has 0 saturated heterocycles. The quantitative estimate of drug-likeness (QED) is 0.859. The lowest BCUT2D eigenvalue weighted by Gasteiger charge is -2.14. The van der Waals surface area contributed by atoms with E-state index in [9.17, 15) is 9.18 Å². The molecule has 0 radical (unpaired) electrons. The Labute approximate surface area is 135 Å². The molecule has 0 unspecified atom stereocenters. The van der Waals surface area contributed by atoms with Crippen LogP contribution in [0.1, 0.15) is 54.4 Å². The largest absolute Gasteiger partial charge is 0.351 e. The van der Waals surface area contributed by atoms with Crippen molar-refractivity contribution < 1.29 is 9.18 Å². The van der Waals surface area contributed by atoms with E-state index in [1.165, 1.54) is 12.1 Å². The Morgan fingerprint density at radius 2 is 2.00 bits per heavy atom. The molecular weight excluding hydrogens is 293 g/mol. The molecule has 1 amide bonds. The zero-order valence-electron chi connectivity index (χ0n) is 13.4. The predicted molar refractivity (Wildman–Crippen MR) is 87.4 cm³/mol. The molecule has 0 atom stereocenters. The molecule has 0 spiro atoms. The van der Waals surface area contributed by atoms with Crippen LogP contribution in [0.15, 0.2) is 24.3 Å². The van der Waals surface area contributed by atoms with E-state index >= 15 is 0 Å². The van der Waals surface area contributed by atoms with Gasteiger partial charge in [0.15, 0.2) is 5.69 Å². The first kappa shape index (κ1) is 15.7. The van der Waals surface area contributed by atoms with Gasteiger partial charge >= 0.3 is 0 Å². The van der Waals surface area contributed by atoms with Crippen molar-refractivity contribution in [3.63, 3.8) is 0 Å². The highest BCUT2D eigenvalue weighted by Gasteiger charge is 2.25. The molecule has 0 bridgehead atoms. The van der Waals surface area contributed by atoms with Crippen LogP contribution in [-0.2, 0) is 12.8 Å². The zero-order chi connectivity index (χ0) is 16.2. The highest BCUT2D eigenvalue weighted by atomic mass is 19.1. The summed E-state index contributed by atoms with van der Waals surface area (Å²) < 4.78 is 15.0. The van der Waals surface area contributed by atoms with Crippen LogP contribution in [0.25, 0.3) is 5.69 Å². The summed E-state index contributed by atoms with van der Waals surface area (Å²) in [5.74, 6) is -0.371. The maximum Gasteiger partial charge on any atom is 0.272 e. The fraction of sp³-hybridized carbons (Fsp3) is 0.444. The minimum absolute atomic E-state index is 0.0996. The number of amides is 1. The van der Waals surface area contributed by atoms with E-state index in [4.69, 9.17) is 0 Å². The summed E-state index contributed by atoms with van der Waals surface area (Å²) in [6.07, 6.45) is 5.97. The number of aromatic nitrogens is 2. The molecule has 2 aromatic rings. The van der Waals surface area contributed by atoms with Gasteiger partial charge in [-0.1, -0.05) is 13.3 Å². The van der Waals surface area contributed by atoms with Crippen LogP contribution in [0, 0.1) is 5.82 Å². The lowest BCUT2D eigenvalue weighted by atomic mass is 9.95. The van der Waals surface area contributed by atoms with Gasteiger partial charge in [0, 0.05) is 17.8 Å². The summed E-state index contributed by atoms with van der Waals surface area (Å²) >= 11 is 0. The molecule has 0 fully saturated rings. The summed E-state index contributed by atoms with van der Waals surface area (Å²) in [5, 5.41) is 7.50. The van der Waals surface area contributed by atoms with E-state index in [0.717, 1.165) is 55.5 Å². The van der Waals surface area contributed by atoms with Crippen molar-refractivity contribution in [2.45, 2.75) is 45.4 Å². The summed E-state index contributed by atoms with van der Waals surface area (Å²) in [6.45, 7) is 2.77. The predicted octanol–water partition coefficient (Wildman–Crippen LogP) is 3.42. The van der Waals surface area contributed by atoms with Crippen LogP contribution in [-0.4, -0.2) is 22.2 Å². The van der Waals surface area contributed by atoms with Gasteiger partial charge in [0.1, 0.15) is 5.82 Å². The van der Waals surface area contributed by atoms with E-state index in [1.54, 1.807) is 12.1 Å². The zero-order valence-corrected chi connectivity index (χ0v) is 13.4. The van der Waals surface area contributed by atoms with Gasteiger partial charge in [-0.15, -0.1) is 0 Å². The third kappa shape index (κ3) is 3.28. The Morgan fingerprint density at radius 3 is 2.74 bits per heavy atom. The number of benzene rings is 1. The molecule has 1 aromatic heterocycles. The van der Waals surface area contributed by atoms with E-state index in [2.05, 4.69) is 17.3 Å². The van der Waals surface area contributed by atoms with Crippen LogP contribution < -0.4 is 5.32 Å². The molecular formula is C18H22FN3O. The van der Waals surface area contributed by atoms with Gasteiger partial charge in [0.25, 0.3) is 5.91 Å².